The van der Waals surface area contributed by atoms with Gasteiger partial charge >= 0.3 is 0 Å². The molecular weight excluding hydrogens is 427 g/mol. The molecule has 0 radical (unpaired) electrons. The average molecular weight is 467 g/mol. The van der Waals surface area contributed by atoms with Gasteiger partial charge in [0.25, 0.3) is 4.33 Å². The molecule has 31 heavy (non-hydrogen) atoms. The van der Waals surface area contributed by atoms with Crippen molar-refractivity contribution in [2.75, 3.05) is 0 Å². The van der Waals surface area contributed by atoms with Crippen LogP contribution in [0, 0.1) is 0 Å². The lowest BCUT2D eigenvalue weighted by Gasteiger charge is -2.32. The van der Waals surface area contributed by atoms with Gasteiger partial charge in [0.1, 0.15) is 17.8 Å². The summed E-state index contributed by atoms with van der Waals surface area (Å²) >= 11 is 1.00. The van der Waals surface area contributed by atoms with E-state index in [1.165, 1.54) is 120 Å². The van der Waals surface area contributed by atoms with Crippen molar-refractivity contribution in [3.8, 4) is 5.75 Å². The minimum atomic E-state index is -1.87. The first kappa shape index (κ1) is 23.8. The first-order chi connectivity index (χ1) is 15.1. The molecule has 1 aromatic carbocycles. The average Bonchev–Trinajstić information content (AvgIpc) is 2.84. The molecule has 174 valence electrons. The van der Waals surface area contributed by atoms with Gasteiger partial charge in [-0.15, -0.1) is 0 Å². The van der Waals surface area contributed by atoms with Crippen LogP contribution in [0.25, 0.3) is 0 Å². The monoisotopic (exact) mass is 466 g/mol. The Kier molecular flexibility index (Phi) is 8.55. The molecule has 3 aliphatic rings. The van der Waals surface area contributed by atoms with Gasteiger partial charge in [-0.2, -0.15) is 0 Å². The lowest BCUT2D eigenvalue weighted by Crippen LogP contribution is -2.15. The van der Waals surface area contributed by atoms with Crippen molar-refractivity contribution < 1.29 is 13.1 Å². The Morgan fingerprint density at radius 3 is 1.61 bits per heavy atom. The Morgan fingerprint density at radius 1 is 0.774 bits per heavy atom. The fourth-order valence-electron chi connectivity index (χ4n) is 6.03. The van der Waals surface area contributed by atoms with Gasteiger partial charge in [-0.3, -0.25) is 0 Å². The van der Waals surface area contributed by atoms with E-state index in [1.807, 2.05) is 0 Å². The molecule has 0 amide bonds. The van der Waals surface area contributed by atoms with Gasteiger partial charge in [0.2, 0.25) is 0 Å². The SMILES string of the molecule is CC(F)(SO)SOc1c(C2CCCCC2)cc(C2CCCCC2)cc1C1CCCCC1. The minimum Gasteiger partial charge on any atom is -0.421 e. The van der Waals surface area contributed by atoms with Crippen molar-refractivity contribution in [2.24, 2.45) is 0 Å². The highest BCUT2D eigenvalue weighted by molar-refractivity contribution is 8.13. The smallest absolute Gasteiger partial charge is 0.259 e. The fourth-order valence-corrected chi connectivity index (χ4v) is 6.68. The maximum Gasteiger partial charge on any atom is 0.259 e. The van der Waals surface area contributed by atoms with Crippen molar-refractivity contribution in [1.29, 1.82) is 0 Å². The predicted molar refractivity (Wildman–Crippen MR) is 132 cm³/mol. The number of halogens is 1. The normalized spacial score (nSPS) is 24.1. The molecule has 1 aromatic rings. The fraction of sp³-hybridized carbons (Fsp3) is 0.769. The lowest BCUT2D eigenvalue weighted by molar-refractivity contribution is 0.398. The summed E-state index contributed by atoms with van der Waals surface area (Å²) in [5.74, 6) is 2.63. The Bertz CT molecular complexity index is 666. The number of hydrogen-bond donors (Lipinski definition) is 1. The molecule has 1 unspecified atom stereocenters. The zero-order chi connectivity index (χ0) is 21.7. The molecular formula is C26H39FO2S2. The molecule has 3 fully saturated rings. The Labute approximate surface area is 196 Å². The maximum absolute atomic E-state index is 14.6. The second-order valence-electron chi connectivity index (χ2n) is 10.1. The van der Waals surface area contributed by atoms with E-state index in [0.29, 0.717) is 17.8 Å². The molecule has 0 aromatic heterocycles. The summed E-state index contributed by atoms with van der Waals surface area (Å²) in [7, 11) is 0. The van der Waals surface area contributed by atoms with Crippen LogP contribution in [0.3, 0.4) is 0 Å². The van der Waals surface area contributed by atoms with Crippen LogP contribution in [0.2, 0.25) is 0 Å². The topological polar surface area (TPSA) is 29.5 Å². The van der Waals surface area contributed by atoms with Crippen LogP contribution < -0.4 is 4.18 Å². The number of alkyl halides is 1. The van der Waals surface area contributed by atoms with E-state index in [-0.39, 0.29) is 12.0 Å². The number of benzene rings is 1. The van der Waals surface area contributed by atoms with Crippen LogP contribution in [0.15, 0.2) is 12.1 Å². The van der Waals surface area contributed by atoms with Gasteiger partial charge in [-0.05, 0) is 79.9 Å². The molecule has 2 nitrogen and oxygen atoms in total. The quantitative estimate of drug-likeness (QED) is 0.320. The molecule has 3 aliphatic carbocycles. The molecule has 4 rings (SSSR count). The summed E-state index contributed by atoms with van der Waals surface area (Å²) in [6, 6.07) is 4.88. The van der Waals surface area contributed by atoms with Crippen molar-refractivity contribution >= 4 is 24.1 Å². The van der Waals surface area contributed by atoms with Crippen molar-refractivity contribution in [3.63, 3.8) is 0 Å². The van der Waals surface area contributed by atoms with Crippen molar-refractivity contribution in [1.82, 2.24) is 0 Å². The van der Waals surface area contributed by atoms with E-state index in [0.717, 1.165) is 17.8 Å². The Hall–Kier alpha value is -0.390. The molecule has 5 heteroatoms. The Balaban J connectivity index is 1.75. The predicted octanol–water partition coefficient (Wildman–Crippen LogP) is 9.71. The molecule has 3 saturated carbocycles. The molecule has 1 atom stereocenters. The van der Waals surface area contributed by atoms with Gasteiger partial charge in [0.15, 0.2) is 0 Å². The van der Waals surface area contributed by atoms with Gasteiger partial charge in [0.05, 0.1) is 0 Å². The van der Waals surface area contributed by atoms with Crippen LogP contribution in [0.4, 0.5) is 4.39 Å². The van der Waals surface area contributed by atoms with Crippen LogP contribution in [-0.4, -0.2) is 8.89 Å². The molecule has 0 aliphatic heterocycles. The van der Waals surface area contributed by atoms with Gasteiger partial charge < -0.3 is 8.74 Å². The van der Waals surface area contributed by atoms with E-state index >= 15 is 0 Å². The molecule has 0 saturated heterocycles. The van der Waals surface area contributed by atoms with E-state index in [1.54, 1.807) is 0 Å². The third kappa shape index (κ3) is 6.14. The van der Waals surface area contributed by atoms with Crippen LogP contribution in [0.1, 0.15) is 138 Å². The third-order valence-electron chi connectivity index (χ3n) is 7.77. The first-order valence-electron chi connectivity index (χ1n) is 12.6. The van der Waals surface area contributed by atoms with E-state index in [2.05, 4.69) is 12.1 Å². The van der Waals surface area contributed by atoms with Gasteiger partial charge in [-0.1, -0.05) is 69.9 Å². The van der Waals surface area contributed by atoms with Crippen molar-refractivity contribution in [2.45, 2.75) is 125 Å². The largest absolute Gasteiger partial charge is 0.421 e. The highest BCUT2D eigenvalue weighted by atomic mass is 32.2. The summed E-state index contributed by atoms with van der Waals surface area (Å²) < 4.78 is 28.3. The molecule has 1 N–H and O–H groups in total. The summed E-state index contributed by atoms with van der Waals surface area (Å²) in [5, 5.41) is 0. The zero-order valence-corrected chi connectivity index (χ0v) is 20.7. The van der Waals surface area contributed by atoms with Gasteiger partial charge in [0, 0.05) is 12.0 Å². The molecule has 0 heterocycles. The second-order valence-corrected chi connectivity index (χ2v) is 12.4. The molecule has 0 bridgehead atoms. The summed E-state index contributed by atoms with van der Waals surface area (Å²) in [6.07, 6.45) is 19.2. The highest BCUT2D eigenvalue weighted by Gasteiger charge is 2.32. The van der Waals surface area contributed by atoms with Crippen molar-refractivity contribution in [3.05, 3.63) is 28.8 Å². The van der Waals surface area contributed by atoms with Gasteiger partial charge in [-0.25, -0.2) is 4.39 Å². The number of hydrogen-bond acceptors (Lipinski definition) is 4. The highest BCUT2D eigenvalue weighted by Crippen LogP contribution is 2.49. The lowest BCUT2D eigenvalue weighted by atomic mass is 9.75. The standard InChI is InChI=1S/C26H39FO2S2/c1-26(27,30-28)31-29-25-23(20-13-7-3-8-14-20)17-22(19-11-5-2-6-12-19)18-24(25)21-15-9-4-10-16-21/h17-21,28H,2-16H2,1H3. The second kappa shape index (κ2) is 11.2. The van der Waals surface area contributed by atoms with E-state index < -0.39 is 4.33 Å². The minimum absolute atomic E-state index is 0.226. The third-order valence-corrected chi connectivity index (χ3v) is 9.07. The first-order valence-corrected chi connectivity index (χ1v) is 14.1. The van der Waals surface area contributed by atoms with Crippen LogP contribution in [-0.2, 0) is 0 Å². The summed E-state index contributed by atoms with van der Waals surface area (Å²) in [4.78, 5) is 0. The number of rotatable bonds is 7. The van der Waals surface area contributed by atoms with Crippen LogP contribution in [0.5, 0.6) is 5.75 Å². The van der Waals surface area contributed by atoms with Crippen LogP contribution >= 0.6 is 24.1 Å². The molecule has 0 spiro atoms. The summed E-state index contributed by atoms with van der Waals surface area (Å²) in [5.41, 5.74) is 4.17. The van der Waals surface area contributed by atoms with E-state index in [4.69, 9.17) is 4.18 Å². The summed E-state index contributed by atoms with van der Waals surface area (Å²) in [6.45, 7) is 1.37. The van der Waals surface area contributed by atoms with E-state index in [9.17, 15) is 8.94 Å². The zero-order valence-electron chi connectivity index (χ0n) is 19.0. The Morgan fingerprint density at radius 2 is 1.19 bits per heavy atom. The maximum atomic E-state index is 14.6.